The van der Waals surface area contributed by atoms with Gasteiger partial charge in [-0.25, -0.2) is 9.78 Å². The van der Waals surface area contributed by atoms with Crippen molar-refractivity contribution in [1.29, 1.82) is 0 Å². The normalized spacial score (nSPS) is 12.1. The Morgan fingerprint density at radius 2 is 2.29 bits per heavy atom. The summed E-state index contributed by atoms with van der Waals surface area (Å²) in [5.41, 5.74) is 2.28. The third kappa shape index (κ3) is 2.72. The molecule has 2 aromatic rings. The molecule has 0 spiro atoms. The number of nitrogens with one attached hydrogen (secondary N) is 1. The number of carbonyl (C=O) groups is 1. The molecule has 0 unspecified atom stereocenters. The van der Waals surface area contributed by atoms with Crippen molar-refractivity contribution in [2.45, 2.75) is 19.9 Å². The highest BCUT2D eigenvalue weighted by Gasteiger charge is 2.10. The van der Waals surface area contributed by atoms with Crippen molar-refractivity contribution in [2.75, 3.05) is 0 Å². The molecule has 88 valence electrons. The first-order chi connectivity index (χ1) is 8.16. The smallest absolute Gasteiger partial charge is 0.327 e. The number of aromatic nitrogens is 2. The Bertz CT molecular complexity index is 505. The van der Waals surface area contributed by atoms with E-state index in [1.54, 1.807) is 12.4 Å². The van der Waals surface area contributed by atoms with E-state index in [0.29, 0.717) is 0 Å². The van der Waals surface area contributed by atoms with E-state index in [2.05, 4.69) is 16.4 Å². The molecule has 2 rings (SSSR count). The average molecular weight is 229 g/mol. The number of hydrogen-bond acceptors (Lipinski definition) is 2. The molecular weight excluding hydrogens is 214 g/mol. The molecule has 1 atom stereocenters. The fraction of sp³-hybridized carbons (Fsp3) is 0.231. The van der Waals surface area contributed by atoms with Crippen LogP contribution in [0.2, 0.25) is 0 Å². The molecule has 1 aromatic heterocycles. The first-order valence-corrected chi connectivity index (χ1v) is 5.52. The number of amides is 1. The molecule has 0 saturated carbocycles. The van der Waals surface area contributed by atoms with Crippen LogP contribution in [0.1, 0.15) is 24.1 Å². The monoisotopic (exact) mass is 229 g/mol. The number of rotatable bonds is 2. The SMILES string of the molecule is Cc1cccc([C@@H](C)NC(=O)n2ccnc2)c1. The second kappa shape index (κ2) is 4.82. The molecule has 1 amide bonds. The van der Waals surface area contributed by atoms with Crippen LogP contribution in [0.4, 0.5) is 4.79 Å². The Labute approximate surface area is 100 Å². The Hall–Kier alpha value is -2.10. The molecule has 1 N–H and O–H groups in total. The molecule has 17 heavy (non-hydrogen) atoms. The van der Waals surface area contributed by atoms with E-state index in [4.69, 9.17) is 0 Å². The summed E-state index contributed by atoms with van der Waals surface area (Å²) in [4.78, 5) is 15.6. The van der Waals surface area contributed by atoms with Crippen molar-refractivity contribution in [3.63, 3.8) is 0 Å². The van der Waals surface area contributed by atoms with Crippen LogP contribution in [-0.2, 0) is 0 Å². The zero-order chi connectivity index (χ0) is 12.3. The zero-order valence-electron chi connectivity index (χ0n) is 9.92. The van der Waals surface area contributed by atoms with Gasteiger partial charge in [-0.1, -0.05) is 29.8 Å². The first kappa shape index (κ1) is 11.4. The quantitative estimate of drug-likeness (QED) is 0.860. The highest BCUT2D eigenvalue weighted by Crippen LogP contribution is 2.13. The third-order valence-corrected chi connectivity index (χ3v) is 2.62. The lowest BCUT2D eigenvalue weighted by atomic mass is 10.1. The maximum Gasteiger partial charge on any atom is 0.327 e. The van der Waals surface area contributed by atoms with Crippen LogP contribution in [0, 0.1) is 6.92 Å². The van der Waals surface area contributed by atoms with E-state index in [9.17, 15) is 4.79 Å². The summed E-state index contributed by atoms with van der Waals surface area (Å²) < 4.78 is 1.42. The van der Waals surface area contributed by atoms with Gasteiger partial charge in [0.15, 0.2) is 0 Å². The molecule has 0 radical (unpaired) electrons. The summed E-state index contributed by atoms with van der Waals surface area (Å²) in [5.74, 6) is 0. The summed E-state index contributed by atoms with van der Waals surface area (Å²) >= 11 is 0. The first-order valence-electron chi connectivity index (χ1n) is 5.52. The Kier molecular flexibility index (Phi) is 3.23. The van der Waals surface area contributed by atoms with Gasteiger partial charge in [-0.05, 0) is 19.4 Å². The maximum atomic E-state index is 11.8. The molecular formula is C13H15N3O. The maximum absolute atomic E-state index is 11.8. The lowest BCUT2D eigenvalue weighted by molar-refractivity contribution is 0.239. The topological polar surface area (TPSA) is 46.9 Å². The second-order valence-electron chi connectivity index (χ2n) is 4.06. The van der Waals surface area contributed by atoms with Gasteiger partial charge in [-0.2, -0.15) is 0 Å². The van der Waals surface area contributed by atoms with Gasteiger partial charge in [-0.15, -0.1) is 0 Å². The fourth-order valence-electron chi connectivity index (χ4n) is 1.66. The average Bonchev–Trinajstić information content (AvgIpc) is 2.82. The summed E-state index contributed by atoms with van der Waals surface area (Å²) in [6.45, 7) is 4.00. The predicted octanol–water partition coefficient (Wildman–Crippen LogP) is 2.51. The van der Waals surface area contributed by atoms with Crippen molar-refractivity contribution >= 4 is 6.03 Å². The number of hydrogen-bond donors (Lipinski definition) is 1. The van der Waals surface area contributed by atoms with Gasteiger partial charge in [0.1, 0.15) is 6.33 Å². The molecule has 0 saturated heterocycles. The van der Waals surface area contributed by atoms with Gasteiger partial charge in [-0.3, -0.25) is 4.57 Å². The van der Waals surface area contributed by atoms with Crippen molar-refractivity contribution in [3.05, 3.63) is 54.1 Å². The van der Waals surface area contributed by atoms with E-state index in [0.717, 1.165) is 5.56 Å². The van der Waals surface area contributed by atoms with E-state index >= 15 is 0 Å². The summed E-state index contributed by atoms with van der Waals surface area (Å²) in [6, 6.07) is 7.91. The Balaban J connectivity index is 2.07. The Morgan fingerprint density at radius 3 is 2.94 bits per heavy atom. The highest BCUT2D eigenvalue weighted by atomic mass is 16.2. The van der Waals surface area contributed by atoms with Gasteiger partial charge in [0.2, 0.25) is 0 Å². The third-order valence-electron chi connectivity index (χ3n) is 2.62. The van der Waals surface area contributed by atoms with Crippen molar-refractivity contribution < 1.29 is 4.79 Å². The minimum absolute atomic E-state index is 0.0233. The van der Waals surface area contributed by atoms with Gasteiger partial charge >= 0.3 is 6.03 Å². The lowest BCUT2D eigenvalue weighted by Gasteiger charge is -2.14. The van der Waals surface area contributed by atoms with E-state index < -0.39 is 0 Å². The number of nitrogens with zero attached hydrogens (tertiary/aromatic N) is 2. The molecule has 0 aliphatic rings. The highest BCUT2D eigenvalue weighted by molar-refractivity contribution is 5.76. The van der Waals surface area contributed by atoms with Crippen LogP contribution < -0.4 is 5.32 Å². The minimum atomic E-state index is -0.170. The largest absolute Gasteiger partial charge is 0.331 e. The Morgan fingerprint density at radius 1 is 1.47 bits per heavy atom. The fourth-order valence-corrected chi connectivity index (χ4v) is 1.66. The van der Waals surface area contributed by atoms with Crippen LogP contribution in [0.25, 0.3) is 0 Å². The molecule has 1 heterocycles. The molecule has 0 aliphatic carbocycles. The van der Waals surface area contributed by atoms with Crippen molar-refractivity contribution in [1.82, 2.24) is 14.9 Å². The molecule has 0 aliphatic heterocycles. The van der Waals surface area contributed by atoms with Crippen LogP contribution in [0.3, 0.4) is 0 Å². The van der Waals surface area contributed by atoms with Crippen molar-refractivity contribution in [3.8, 4) is 0 Å². The summed E-state index contributed by atoms with van der Waals surface area (Å²) in [6.07, 6.45) is 4.69. The molecule has 0 fully saturated rings. The minimum Gasteiger partial charge on any atom is -0.331 e. The molecule has 1 aromatic carbocycles. The van der Waals surface area contributed by atoms with Gasteiger partial charge in [0.25, 0.3) is 0 Å². The van der Waals surface area contributed by atoms with Crippen LogP contribution >= 0.6 is 0 Å². The summed E-state index contributed by atoms with van der Waals surface area (Å²) in [5, 5.41) is 2.91. The van der Waals surface area contributed by atoms with Crippen molar-refractivity contribution in [2.24, 2.45) is 0 Å². The number of carbonyl (C=O) groups excluding carboxylic acids is 1. The molecule has 4 heteroatoms. The van der Waals surface area contributed by atoms with E-state index in [1.165, 1.54) is 16.5 Å². The predicted molar refractivity (Wildman–Crippen MR) is 65.8 cm³/mol. The number of aryl methyl sites for hydroxylation is 1. The van der Waals surface area contributed by atoms with E-state index in [1.807, 2.05) is 32.0 Å². The van der Waals surface area contributed by atoms with Crippen LogP contribution in [0.15, 0.2) is 43.0 Å². The molecule has 4 nitrogen and oxygen atoms in total. The molecule has 0 bridgehead atoms. The van der Waals surface area contributed by atoms with E-state index in [-0.39, 0.29) is 12.1 Å². The summed E-state index contributed by atoms with van der Waals surface area (Å²) in [7, 11) is 0. The van der Waals surface area contributed by atoms with Gasteiger partial charge in [0, 0.05) is 12.4 Å². The lowest BCUT2D eigenvalue weighted by Crippen LogP contribution is -2.30. The number of benzene rings is 1. The van der Waals surface area contributed by atoms with Crippen LogP contribution in [0.5, 0.6) is 0 Å². The standard InChI is InChI=1S/C13H15N3O/c1-10-4-3-5-12(8-10)11(2)15-13(17)16-7-6-14-9-16/h3-9,11H,1-2H3,(H,15,17)/t11-/m1/s1. The number of imidazole rings is 1. The zero-order valence-corrected chi connectivity index (χ0v) is 9.92. The van der Waals surface area contributed by atoms with Gasteiger partial charge < -0.3 is 5.32 Å². The van der Waals surface area contributed by atoms with Gasteiger partial charge in [0.05, 0.1) is 6.04 Å². The second-order valence-corrected chi connectivity index (χ2v) is 4.06. The van der Waals surface area contributed by atoms with Crippen LogP contribution in [-0.4, -0.2) is 15.6 Å².